The van der Waals surface area contributed by atoms with E-state index in [1.54, 1.807) is 25.3 Å². The third kappa shape index (κ3) is 2.88. The second-order valence-electron chi connectivity index (χ2n) is 4.42. The van der Waals surface area contributed by atoms with Crippen LogP contribution in [0, 0.1) is 13.8 Å². The van der Waals surface area contributed by atoms with Crippen molar-refractivity contribution in [1.82, 2.24) is 4.98 Å². The van der Waals surface area contributed by atoms with Gasteiger partial charge in [-0.05, 0) is 37.6 Å². The number of aromatic nitrogens is 1. The molecule has 0 amide bonds. The Hall–Kier alpha value is -1.58. The lowest BCUT2D eigenvalue weighted by Crippen LogP contribution is -2.04. The first-order valence-electron chi connectivity index (χ1n) is 5.98. The van der Waals surface area contributed by atoms with Gasteiger partial charge in [0.05, 0.1) is 12.1 Å². The molecule has 0 aliphatic heterocycles. The van der Waals surface area contributed by atoms with Crippen molar-refractivity contribution in [3.8, 4) is 5.75 Å². The maximum Gasteiger partial charge on any atom is 0.137 e. The summed E-state index contributed by atoms with van der Waals surface area (Å²) in [6.07, 6.45) is -0.737. The smallest absolute Gasteiger partial charge is 0.137 e. The summed E-state index contributed by atoms with van der Waals surface area (Å²) in [5.74, 6) is 0.552. The average Bonchev–Trinajstić information content (AvgIpc) is 2.38. The molecule has 1 N–H and O–H groups in total. The van der Waals surface area contributed by atoms with Crippen LogP contribution in [-0.4, -0.2) is 17.2 Å². The van der Waals surface area contributed by atoms with Gasteiger partial charge >= 0.3 is 0 Å². The number of halogens is 1. The Labute approximate surface area is 117 Å². The third-order valence-corrected chi connectivity index (χ3v) is 3.36. The van der Waals surface area contributed by atoms with Crippen molar-refractivity contribution < 1.29 is 9.84 Å². The van der Waals surface area contributed by atoms with Crippen molar-refractivity contribution in [2.45, 2.75) is 20.0 Å². The summed E-state index contributed by atoms with van der Waals surface area (Å²) in [5.41, 5.74) is 3.27. The number of ether oxygens (including phenoxy) is 1. The van der Waals surface area contributed by atoms with Crippen molar-refractivity contribution in [2.75, 3.05) is 7.11 Å². The Bertz CT molecular complexity index is 599. The van der Waals surface area contributed by atoms with E-state index >= 15 is 0 Å². The van der Waals surface area contributed by atoms with Gasteiger partial charge in [-0.1, -0.05) is 23.7 Å². The fraction of sp³-hybridized carbons (Fsp3) is 0.267. The molecule has 4 heteroatoms. The van der Waals surface area contributed by atoms with E-state index in [4.69, 9.17) is 16.3 Å². The zero-order valence-electron chi connectivity index (χ0n) is 11.1. The third-order valence-electron chi connectivity index (χ3n) is 3.05. The molecule has 0 aliphatic rings. The fourth-order valence-electron chi connectivity index (χ4n) is 2.01. The Balaban J connectivity index is 2.40. The first-order valence-corrected chi connectivity index (χ1v) is 6.36. The predicted molar refractivity (Wildman–Crippen MR) is 75.8 cm³/mol. The highest BCUT2D eigenvalue weighted by molar-refractivity contribution is 6.32. The minimum atomic E-state index is -0.737. The van der Waals surface area contributed by atoms with Crippen LogP contribution in [0.4, 0.5) is 0 Å². The van der Waals surface area contributed by atoms with Crippen LogP contribution in [-0.2, 0) is 0 Å². The minimum absolute atomic E-state index is 0.525. The molecule has 1 heterocycles. The Morgan fingerprint density at radius 1 is 1.21 bits per heavy atom. The molecule has 1 aromatic heterocycles. The second kappa shape index (κ2) is 5.59. The molecular formula is C15H16ClNO2. The number of benzene rings is 1. The summed E-state index contributed by atoms with van der Waals surface area (Å²) in [6.45, 7) is 3.81. The Morgan fingerprint density at radius 2 is 1.95 bits per heavy atom. The van der Waals surface area contributed by atoms with Gasteiger partial charge in [0.2, 0.25) is 0 Å². The van der Waals surface area contributed by atoms with Crippen molar-refractivity contribution in [1.29, 1.82) is 0 Å². The van der Waals surface area contributed by atoms with Gasteiger partial charge < -0.3 is 9.84 Å². The number of methoxy groups -OCH3 is 1. The standard InChI is InChI=1S/C15H16ClNO2/c1-9-4-6-12(10(2)17-9)15(18)11-5-7-13(16)14(8-11)19-3/h4-8,15,18H,1-3H3. The Morgan fingerprint density at radius 3 is 2.58 bits per heavy atom. The summed E-state index contributed by atoms with van der Waals surface area (Å²) < 4.78 is 5.16. The number of hydrogen-bond acceptors (Lipinski definition) is 3. The molecule has 0 aliphatic carbocycles. The van der Waals surface area contributed by atoms with E-state index in [1.165, 1.54) is 0 Å². The Kier molecular flexibility index (Phi) is 4.08. The lowest BCUT2D eigenvalue weighted by molar-refractivity contribution is 0.218. The van der Waals surface area contributed by atoms with Gasteiger partial charge in [0, 0.05) is 17.0 Å². The zero-order chi connectivity index (χ0) is 14.0. The van der Waals surface area contributed by atoms with E-state index in [2.05, 4.69) is 4.98 Å². The zero-order valence-corrected chi connectivity index (χ0v) is 11.9. The molecule has 2 rings (SSSR count). The molecule has 1 atom stereocenters. The quantitative estimate of drug-likeness (QED) is 0.934. The highest BCUT2D eigenvalue weighted by Gasteiger charge is 2.15. The maximum atomic E-state index is 10.4. The predicted octanol–water partition coefficient (Wildman–Crippen LogP) is 3.44. The topological polar surface area (TPSA) is 42.4 Å². The molecular weight excluding hydrogens is 262 g/mol. The fourth-order valence-corrected chi connectivity index (χ4v) is 2.21. The summed E-state index contributed by atoms with van der Waals surface area (Å²) in [6, 6.07) is 9.03. The first-order chi connectivity index (χ1) is 9.02. The number of aryl methyl sites for hydroxylation is 2. The van der Waals surface area contributed by atoms with Gasteiger partial charge in [0.1, 0.15) is 11.9 Å². The van der Waals surface area contributed by atoms with Crippen molar-refractivity contribution in [2.24, 2.45) is 0 Å². The van der Waals surface area contributed by atoms with Gasteiger partial charge in [0.25, 0.3) is 0 Å². The summed E-state index contributed by atoms with van der Waals surface area (Å²) >= 11 is 5.98. The van der Waals surface area contributed by atoms with Crippen LogP contribution in [0.25, 0.3) is 0 Å². The van der Waals surface area contributed by atoms with Gasteiger partial charge in [-0.25, -0.2) is 0 Å². The van der Waals surface area contributed by atoms with E-state index in [0.717, 1.165) is 22.5 Å². The molecule has 0 spiro atoms. The molecule has 1 unspecified atom stereocenters. The molecule has 0 saturated carbocycles. The molecule has 2 aromatic rings. The van der Waals surface area contributed by atoms with E-state index < -0.39 is 6.10 Å². The first kappa shape index (κ1) is 13.8. The monoisotopic (exact) mass is 277 g/mol. The van der Waals surface area contributed by atoms with Crippen molar-refractivity contribution >= 4 is 11.6 Å². The van der Waals surface area contributed by atoms with Gasteiger partial charge in [-0.3, -0.25) is 4.98 Å². The summed E-state index contributed by atoms with van der Waals surface area (Å²) in [5, 5.41) is 11.0. The van der Waals surface area contributed by atoms with Crippen LogP contribution >= 0.6 is 11.6 Å². The normalized spacial score (nSPS) is 12.3. The van der Waals surface area contributed by atoms with Crippen LogP contribution in [0.1, 0.15) is 28.6 Å². The van der Waals surface area contributed by atoms with Crippen LogP contribution < -0.4 is 4.74 Å². The molecule has 0 saturated heterocycles. The number of nitrogens with zero attached hydrogens (tertiary/aromatic N) is 1. The van der Waals surface area contributed by atoms with E-state index in [1.807, 2.05) is 26.0 Å². The number of hydrogen-bond donors (Lipinski definition) is 1. The highest BCUT2D eigenvalue weighted by Crippen LogP contribution is 2.31. The average molecular weight is 278 g/mol. The van der Waals surface area contributed by atoms with Crippen molar-refractivity contribution in [3.63, 3.8) is 0 Å². The molecule has 0 bridgehead atoms. The van der Waals surface area contributed by atoms with Crippen LogP contribution in [0.5, 0.6) is 5.75 Å². The molecule has 1 aromatic carbocycles. The second-order valence-corrected chi connectivity index (χ2v) is 4.83. The molecule has 100 valence electrons. The summed E-state index contributed by atoms with van der Waals surface area (Å²) in [7, 11) is 1.55. The van der Waals surface area contributed by atoms with Crippen molar-refractivity contribution in [3.05, 3.63) is 57.9 Å². The van der Waals surface area contributed by atoms with Crippen LogP contribution in [0.3, 0.4) is 0 Å². The van der Waals surface area contributed by atoms with E-state index in [9.17, 15) is 5.11 Å². The number of aliphatic hydroxyl groups is 1. The van der Waals surface area contributed by atoms with E-state index in [-0.39, 0.29) is 0 Å². The van der Waals surface area contributed by atoms with Crippen LogP contribution in [0.15, 0.2) is 30.3 Å². The molecule has 0 radical (unpaired) electrons. The number of pyridine rings is 1. The molecule has 3 nitrogen and oxygen atoms in total. The van der Waals surface area contributed by atoms with Gasteiger partial charge in [-0.2, -0.15) is 0 Å². The maximum absolute atomic E-state index is 10.4. The minimum Gasteiger partial charge on any atom is -0.495 e. The lowest BCUT2D eigenvalue weighted by Gasteiger charge is -2.15. The van der Waals surface area contributed by atoms with Crippen LogP contribution in [0.2, 0.25) is 5.02 Å². The van der Waals surface area contributed by atoms with Gasteiger partial charge in [-0.15, -0.1) is 0 Å². The van der Waals surface area contributed by atoms with E-state index in [0.29, 0.717) is 10.8 Å². The lowest BCUT2D eigenvalue weighted by atomic mass is 10.00. The summed E-state index contributed by atoms with van der Waals surface area (Å²) in [4.78, 5) is 4.36. The highest BCUT2D eigenvalue weighted by atomic mass is 35.5. The molecule has 19 heavy (non-hydrogen) atoms. The largest absolute Gasteiger partial charge is 0.495 e. The number of aliphatic hydroxyl groups excluding tert-OH is 1. The molecule has 0 fully saturated rings. The SMILES string of the molecule is COc1cc(C(O)c2ccc(C)nc2C)ccc1Cl. The van der Waals surface area contributed by atoms with Gasteiger partial charge in [0.15, 0.2) is 0 Å². The number of rotatable bonds is 3.